The lowest BCUT2D eigenvalue weighted by molar-refractivity contribution is 0.0950. The first-order valence-corrected chi connectivity index (χ1v) is 7.53. The third kappa shape index (κ3) is 4.43. The molecule has 3 heteroatoms. The van der Waals surface area contributed by atoms with Gasteiger partial charge in [0, 0.05) is 18.7 Å². The molecule has 2 aromatic rings. The highest BCUT2D eigenvalue weighted by atomic mass is 16.1. The van der Waals surface area contributed by atoms with Crippen molar-refractivity contribution in [1.29, 1.82) is 0 Å². The molecule has 0 aliphatic rings. The molecule has 0 radical (unpaired) electrons. The Balaban J connectivity index is 1.96. The quantitative estimate of drug-likeness (QED) is 0.918. The fraction of sp³-hybridized carbons (Fsp3) is 0.316. The number of amides is 1. The number of carbonyl (C=O) groups is 1. The normalized spacial score (nSPS) is 10.8. The summed E-state index contributed by atoms with van der Waals surface area (Å²) in [6.45, 7) is 5.48. The summed E-state index contributed by atoms with van der Waals surface area (Å²) >= 11 is 0. The van der Waals surface area contributed by atoms with Crippen LogP contribution in [0, 0.1) is 13.8 Å². The van der Waals surface area contributed by atoms with Gasteiger partial charge in [0.05, 0.1) is 0 Å². The molecule has 0 aromatic heterocycles. The predicted molar refractivity (Wildman–Crippen MR) is 90.9 cm³/mol. The molecule has 0 unspecified atom stereocenters. The van der Waals surface area contributed by atoms with Crippen LogP contribution in [0.3, 0.4) is 0 Å². The van der Waals surface area contributed by atoms with Crippen LogP contribution >= 0.6 is 0 Å². The van der Waals surface area contributed by atoms with E-state index in [1.807, 2.05) is 32.0 Å². The molecular weight excluding hydrogens is 272 g/mol. The third-order valence-electron chi connectivity index (χ3n) is 3.60. The van der Waals surface area contributed by atoms with Gasteiger partial charge in [-0.25, -0.2) is 0 Å². The molecule has 0 aliphatic carbocycles. The summed E-state index contributed by atoms with van der Waals surface area (Å²) in [5.41, 5.74) is 5.31. The van der Waals surface area contributed by atoms with E-state index in [0.29, 0.717) is 6.54 Å². The zero-order chi connectivity index (χ0) is 16.1. The van der Waals surface area contributed by atoms with Crippen molar-refractivity contribution in [1.82, 2.24) is 10.2 Å². The zero-order valence-electron chi connectivity index (χ0n) is 13.8. The maximum absolute atomic E-state index is 12.2. The number of hydrogen-bond donors (Lipinski definition) is 1. The molecule has 1 N–H and O–H groups in total. The number of nitrogens with one attached hydrogen (secondary N) is 1. The summed E-state index contributed by atoms with van der Waals surface area (Å²) in [5.74, 6) is -0.0186. The van der Waals surface area contributed by atoms with Crippen molar-refractivity contribution in [3.05, 3.63) is 70.3 Å². The molecule has 0 heterocycles. The van der Waals surface area contributed by atoms with Crippen LogP contribution in [0.25, 0.3) is 0 Å². The Kier molecular flexibility index (Phi) is 5.34. The molecule has 3 nitrogen and oxygen atoms in total. The van der Waals surface area contributed by atoms with E-state index in [1.165, 1.54) is 11.1 Å². The van der Waals surface area contributed by atoms with Crippen LogP contribution in [-0.4, -0.2) is 24.9 Å². The van der Waals surface area contributed by atoms with Crippen molar-refractivity contribution >= 4 is 5.91 Å². The van der Waals surface area contributed by atoms with Crippen molar-refractivity contribution < 1.29 is 4.79 Å². The summed E-state index contributed by atoms with van der Waals surface area (Å²) in [6.07, 6.45) is 0. The van der Waals surface area contributed by atoms with E-state index in [-0.39, 0.29) is 5.91 Å². The maximum atomic E-state index is 12.2. The van der Waals surface area contributed by atoms with Crippen LogP contribution in [0.4, 0.5) is 0 Å². The summed E-state index contributed by atoms with van der Waals surface area (Å²) in [6, 6.07) is 14.3. The van der Waals surface area contributed by atoms with Crippen LogP contribution in [0.15, 0.2) is 42.5 Å². The lowest BCUT2D eigenvalue weighted by atomic mass is 10.1. The lowest BCUT2D eigenvalue weighted by Crippen LogP contribution is -2.23. The summed E-state index contributed by atoms with van der Waals surface area (Å²) in [5, 5.41) is 2.99. The monoisotopic (exact) mass is 296 g/mol. The van der Waals surface area contributed by atoms with Crippen LogP contribution < -0.4 is 5.32 Å². The Morgan fingerprint density at radius 1 is 1.00 bits per heavy atom. The lowest BCUT2D eigenvalue weighted by Gasteiger charge is -2.11. The molecule has 0 aliphatic heterocycles. The first-order chi connectivity index (χ1) is 10.5. The smallest absolute Gasteiger partial charge is 0.251 e. The number of nitrogens with zero attached hydrogens (tertiary/aromatic N) is 1. The molecule has 2 rings (SSSR count). The van der Waals surface area contributed by atoms with Crippen LogP contribution in [-0.2, 0) is 13.1 Å². The summed E-state index contributed by atoms with van der Waals surface area (Å²) in [7, 11) is 4.11. The fourth-order valence-electron chi connectivity index (χ4n) is 2.47. The van der Waals surface area contributed by atoms with E-state index in [2.05, 4.69) is 48.6 Å². The predicted octanol–water partition coefficient (Wildman–Crippen LogP) is 3.30. The van der Waals surface area contributed by atoms with Crippen LogP contribution in [0.2, 0.25) is 0 Å². The second-order valence-corrected chi connectivity index (χ2v) is 6.06. The van der Waals surface area contributed by atoms with Crippen LogP contribution in [0.5, 0.6) is 0 Å². The van der Waals surface area contributed by atoms with Crippen molar-refractivity contribution in [2.24, 2.45) is 0 Å². The number of benzene rings is 2. The SMILES string of the molecule is Cc1ccc(C(=O)NCc2ccc(CN(C)C)cc2)c(C)c1. The van der Waals surface area contributed by atoms with Gasteiger partial charge in [-0.2, -0.15) is 0 Å². The molecule has 0 spiro atoms. The Morgan fingerprint density at radius 3 is 2.23 bits per heavy atom. The Labute approximate surface area is 133 Å². The number of hydrogen-bond acceptors (Lipinski definition) is 2. The van der Waals surface area contributed by atoms with Gasteiger partial charge in [-0.1, -0.05) is 42.0 Å². The Bertz CT molecular complexity index is 645. The minimum atomic E-state index is -0.0186. The minimum Gasteiger partial charge on any atom is -0.348 e. The van der Waals surface area contributed by atoms with E-state index in [4.69, 9.17) is 0 Å². The van der Waals surface area contributed by atoms with Gasteiger partial charge >= 0.3 is 0 Å². The van der Waals surface area contributed by atoms with Gasteiger partial charge in [0.25, 0.3) is 5.91 Å². The fourth-order valence-corrected chi connectivity index (χ4v) is 2.47. The average Bonchev–Trinajstić information content (AvgIpc) is 2.45. The standard InChI is InChI=1S/C19H24N2O/c1-14-5-10-18(15(2)11-14)19(22)20-12-16-6-8-17(9-7-16)13-21(3)4/h5-11H,12-13H2,1-4H3,(H,20,22). The molecule has 22 heavy (non-hydrogen) atoms. The average molecular weight is 296 g/mol. The van der Waals surface area contributed by atoms with E-state index >= 15 is 0 Å². The molecule has 0 saturated heterocycles. The molecule has 1 amide bonds. The van der Waals surface area contributed by atoms with Crippen molar-refractivity contribution in [3.63, 3.8) is 0 Å². The highest BCUT2D eigenvalue weighted by Crippen LogP contribution is 2.11. The van der Waals surface area contributed by atoms with E-state index < -0.39 is 0 Å². The second kappa shape index (κ2) is 7.23. The van der Waals surface area contributed by atoms with Crippen molar-refractivity contribution in [2.75, 3.05) is 14.1 Å². The van der Waals surface area contributed by atoms with E-state index in [0.717, 1.165) is 23.2 Å². The molecule has 0 fully saturated rings. The molecule has 0 saturated carbocycles. The van der Waals surface area contributed by atoms with E-state index in [9.17, 15) is 4.79 Å². The molecular formula is C19H24N2O. The Hall–Kier alpha value is -2.13. The maximum Gasteiger partial charge on any atom is 0.251 e. The largest absolute Gasteiger partial charge is 0.348 e. The highest BCUT2D eigenvalue weighted by Gasteiger charge is 2.08. The first-order valence-electron chi connectivity index (χ1n) is 7.53. The van der Waals surface area contributed by atoms with Crippen molar-refractivity contribution in [3.8, 4) is 0 Å². The minimum absolute atomic E-state index is 0.0186. The number of rotatable bonds is 5. The van der Waals surface area contributed by atoms with Gasteiger partial charge in [0.1, 0.15) is 0 Å². The highest BCUT2D eigenvalue weighted by molar-refractivity contribution is 5.95. The molecule has 0 atom stereocenters. The van der Waals surface area contributed by atoms with Gasteiger partial charge in [-0.05, 0) is 50.7 Å². The van der Waals surface area contributed by atoms with Gasteiger partial charge in [0.15, 0.2) is 0 Å². The zero-order valence-corrected chi connectivity index (χ0v) is 13.8. The first kappa shape index (κ1) is 16.2. The van der Waals surface area contributed by atoms with Gasteiger partial charge in [-0.3, -0.25) is 4.79 Å². The van der Waals surface area contributed by atoms with E-state index in [1.54, 1.807) is 0 Å². The second-order valence-electron chi connectivity index (χ2n) is 6.06. The molecule has 0 bridgehead atoms. The van der Waals surface area contributed by atoms with Gasteiger partial charge in [-0.15, -0.1) is 0 Å². The number of carbonyl (C=O) groups excluding carboxylic acids is 1. The molecule has 116 valence electrons. The summed E-state index contributed by atoms with van der Waals surface area (Å²) < 4.78 is 0. The third-order valence-corrected chi connectivity index (χ3v) is 3.60. The number of aryl methyl sites for hydroxylation is 2. The van der Waals surface area contributed by atoms with Crippen LogP contribution in [0.1, 0.15) is 32.6 Å². The van der Waals surface area contributed by atoms with Gasteiger partial charge in [0.2, 0.25) is 0 Å². The summed E-state index contributed by atoms with van der Waals surface area (Å²) in [4.78, 5) is 14.4. The van der Waals surface area contributed by atoms with Gasteiger partial charge < -0.3 is 10.2 Å². The van der Waals surface area contributed by atoms with Crippen molar-refractivity contribution in [2.45, 2.75) is 26.9 Å². The molecule has 2 aromatic carbocycles. The topological polar surface area (TPSA) is 32.3 Å². The Morgan fingerprint density at radius 2 is 1.64 bits per heavy atom.